The molecule has 1 atom stereocenters. The van der Waals surface area contributed by atoms with Gasteiger partial charge in [-0.15, -0.1) is 0 Å². The van der Waals surface area contributed by atoms with E-state index in [4.69, 9.17) is 10.5 Å². The number of carbonyl (C=O) groups is 1. The first kappa shape index (κ1) is 15.8. The molecular weight excluding hydrogens is 292 g/mol. The van der Waals surface area contributed by atoms with Gasteiger partial charge in [0.1, 0.15) is 0 Å². The zero-order valence-electron chi connectivity index (χ0n) is 11.7. The quantitative estimate of drug-likeness (QED) is 0.769. The maximum atomic E-state index is 11.9. The highest BCUT2D eigenvalue weighted by Crippen LogP contribution is 2.15. The van der Waals surface area contributed by atoms with E-state index in [0.717, 1.165) is 12.8 Å². The summed E-state index contributed by atoms with van der Waals surface area (Å²) in [5.41, 5.74) is 6.75. The van der Waals surface area contributed by atoms with Crippen molar-refractivity contribution in [3.63, 3.8) is 0 Å². The fourth-order valence-corrected chi connectivity index (χ4v) is 3.67. The average molecular weight is 312 g/mol. The van der Waals surface area contributed by atoms with E-state index in [1.165, 1.54) is 0 Å². The molecule has 0 aliphatic carbocycles. The normalized spacial score (nSPS) is 18.6. The van der Waals surface area contributed by atoms with Gasteiger partial charge in [0.25, 0.3) is 0 Å². The van der Waals surface area contributed by atoms with Crippen molar-refractivity contribution in [2.45, 2.75) is 25.4 Å². The molecule has 1 heterocycles. The van der Waals surface area contributed by atoms with Gasteiger partial charge in [-0.05, 0) is 37.1 Å². The molecule has 7 heteroatoms. The Labute approximate surface area is 124 Å². The van der Waals surface area contributed by atoms with E-state index in [0.29, 0.717) is 18.0 Å². The van der Waals surface area contributed by atoms with Crippen molar-refractivity contribution in [3.05, 3.63) is 24.3 Å². The number of carbonyl (C=O) groups excluding carboxylic acids is 1. The van der Waals surface area contributed by atoms with Gasteiger partial charge in [-0.25, -0.2) is 8.42 Å². The van der Waals surface area contributed by atoms with Crippen molar-refractivity contribution in [2.24, 2.45) is 0 Å². The van der Waals surface area contributed by atoms with Crippen molar-refractivity contribution in [2.75, 3.05) is 29.2 Å². The van der Waals surface area contributed by atoms with Gasteiger partial charge in [-0.3, -0.25) is 4.79 Å². The number of benzene rings is 1. The van der Waals surface area contributed by atoms with Crippen LogP contribution in [0.1, 0.15) is 19.3 Å². The summed E-state index contributed by atoms with van der Waals surface area (Å²) < 4.78 is 29.1. The van der Waals surface area contributed by atoms with Crippen molar-refractivity contribution in [3.8, 4) is 0 Å². The van der Waals surface area contributed by atoms with Gasteiger partial charge in [-0.2, -0.15) is 0 Å². The third-order valence-electron chi connectivity index (χ3n) is 3.30. The number of nitrogens with one attached hydrogen (secondary N) is 1. The molecule has 1 unspecified atom stereocenters. The zero-order valence-corrected chi connectivity index (χ0v) is 12.6. The lowest BCUT2D eigenvalue weighted by Gasteiger charge is -2.10. The molecule has 1 aromatic carbocycles. The molecule has 0 radical (unpaired) electrons. The van der Waals surface area contributed by atoms with Gasteiger partial charge in [0.15, 0.2) is 9.84 Å². The topological polar surface area (TPSA) is 98.5 Å². The minimum Gasteiger partial charge on any atom is -0.399 e. The van der Waals surface area contributed by atoms with Crippen LogP contribution in [-0.4, -0.2) is 38.5 Å². The number of anilines is 2. The molecule has 116 valence electrons. The van der Waals surface area contributed by atoms with Crippen LogP contribution >= 0.6 is 0 Å². The van der Waals surface area contributed by atoms with Crippen LogP contribution in [0.5, 0.6) is 0 Å². The largest absolute Gasteiger partial charge is 0.399 e. The monoisotopic (exact) mass is 312 g/mol. The number of ether oxygens (including phenoxy) is 1. The van der Waals surface area contributed by atoms with Crippen LogP contribution in [0.25, 0.3) is 0 Å². The highest BCUT2D eigenvalue weighted by Gasteiger charge is 2.23. The first-order valence-corrected chi connectivity index (χ1v) is 8.74. The van der Waals surface area contributed by atoms with Crippen LogP contribution in [0.15, 0.2) is 24.3 Å². The summed E-state index contributed by atoms with van der Waals surface area (Å²) in [6.45, 7) is 0.623. The van der Waals surface area contributed by atoms with Crippen LogP contribution in [0, 0.1) is 0 Å². The van der Waals surface area contributed by atoms with E-state index in [2.05, 4.69) is 5.32 Å². The highest BCUT2D eigenvalue weighted by atomic mass is 32.2. The number of nitrogens with two attached hydrogens (primary N) is 1. The van der Waals surface area contributed by atoms with Crippen LogP contribution in [0.2, 0.25) is 0 Å². The number of nitrogen functional groups attached to an aromatic ring is 1. The van der Waals surface area contributed by atoms with Crippen molar-refractivity contribution >= 4 is 27.1 Å². The molecule has 1 saturated heterocycles. The Hall–Kier alpha value is -1.60. The number of hydrogen-bond acceptors (Lipinski definition) is 5. The molecule has 0 spiro atoms. The van der Waals surface area contributed by atoms with E-state index in [-0.39, 0.29) is 29.9 Å². The summed E-state index contributed by atoms with van der Waals surface area (Å²) in [6, 6.07) is 6.69. The molecule has 1 aliphatic rings. The molecule has 0 bridgehead atoms. The fourth-order valence-electron chi connectivity index (χ4n) is 2.18. The second kappa shape index (κ2) is 6.91. The highest BCUT2D eigenvalue weighted by molar-refractivity contribution is 7.91. The Bertz CT molecular complexity index is 577. The Kier molecular flexibility index (Phi) is 5.19. The lowest BCUT2D eigenvalue weighted by molar-refractivity contribution is -0.115. The van der Waals surface area contributed by atoms with Gasteiger partial charge in [-0.1, -0.05) is 0 Å². The van der Waals surface area contributed by atoms with Gasteiger partial charge < -0.3 is 15.8 Å². The molecule has 21 heavy (non-hydrogen) atoms. The second-order valence-corrected chi connectivity index (χ2v) is 7.40. The molecular formula is C14H20N2O4S. The summed E-state index contributed by atoms with van der Waals surface area (Å²) in [7, 11) is -3.26. The van der Waals surface area contributed by atoms with Crippen LogP contribution < -0.4 is 11.1 Å². The maximum absolute atomic E-state index is 11.9. The first-order chi connectivity index (χ1) is 9.94. The zero-order chi connectivity index (χ0) is 15.3. The van der Waals surface area contributed by atoms with Crippen LogP contribution in [0.4, 0.5) is 11.4 Å². The van der Waals surface area contributed by atoms with Gasteiger partial charge in [0.2, 0.25) is 5.91 Å². The maximum Gasteiger partial charge on any atom is 0.225 e. The molecule has 1 aromatic rings. The van der Waals surface area contributed by atoms with Gasteiger partial charge in [0, 0.05) is 24.4 Å². The molecule has 0 saturated carbocycles. The van der Waals surface area contributed by atoms with E-state index in [9.17, 15) is 13.2 Å². The van der Waals surface area contributed by atoms with Gasteiger partial charge >= 0.3 is 0 Å². The van der Waals surface area contributed by atoms with Crippen molar-refractivity contribution in [1.29, 1.82) is 0 Å². The average Bonchev–Trinajstić information content (AvgIpc) is 2.91. The number of amides is 1. The van der Waals surface area contributed by atoms with Crippen molar-refractivity contribution in [1.82, 2.24) is 0 Å². The Morgan fingerprint density at radius 1 is 1.33 bits per heavy atom. The van der Waals surface area contributed by atoms with Gasteiger partial charge in [0.05, 0.1) is 17.6 Å². The molecule has 0 aromatic heterocycles. The predicted molar refractivity (Wildman–Crippen MR) is 81.7 cm³/mol. The Morgan fingerprint density at radius 3 is 2.67 bits per heavy atom. The van der Waals surface area contributed by atoms with Crippen molar-refractivity contribution < 1.29 is 17.9 Å². The summed E-state index contributed by atoms with van der Waals surface area (Å²) in [4.78, 5) is 11.7. The van der Waals surface area contributed by atoms with E-state index >= 15 is 0 Å². The Morgan fingerprint density at radius 2 is 2.05 bits per heavy atom. The Balaban J connectivity index is 1.78. The molecule has 1 amide bonds. The first-order valence-electron chi connectivity index (χ1n) is 6.92. The molecule has 1 fully saturated rings. The van der Waals surface area contributed by atoms with E-state index in [1.54, 1.807) is 24.3 Å². The summed E-state index contributed by atoms with van der Waals surface area (Å²) in [5, 5.41) is 2.65. The minimum absolute atomic E-state index is 0.00213. The fraction of sp³-hybridized carbons (Fsp3) is 0.500. The summed E-state index contributed by atoms with van der Waals surface area (Å²) >= 11 is 0. The molecule has 6 nitrogen and oxygen atoms in total. The summed E-state index contributed by atoms with van der Waals surface area (Å²) in [5.74, 6) is -0.480. The standard InChI is InChI=1S/C14H20N2O4S/c15-11-3-5-12(6-4-11)16-14(17)7-9-21(18,19)10-13-2-1-8-20-13/h3-6,13H,1-2,7-10,15H2,(H,16,17). The lowest BCUT2D eigenvalue weighted by Crippen LogP contribution is -2.25. The summed E-state index contributed by atoms with van der Waals surface area (Å²) in [6.07, 6.45) is 1.41. The second-order valence-electron chi connectivity index (χ2n) is 5.17. The van der Waals surface area contributed by atoms with Crippen LogP contribution in [-0.2, 0) is 19.4 Å². The molecule has 3 N–H and O–H groups in total. The van der Waals surface area contributed by atoms with E-state index in [1.807, 2.05) is 0 Å². The number of sulfone groups is 1. The van der Waals surface area contributed by atoms with Crippen LogP contribution in [0.3, 0.4) is 0 Å². The van der Waals surface area contributed by atoms with E-state index < -0.39 is 9.84 Å². The molecule has 2 rings (SSSR count). The predicted octanol–water partition coefficient (Wildman–Crippen LogP) is 1.19. The number of rotatable bonds is 6. The SMILES string of the molecule is Nc1ccc(NC(=O)CCS(=O)(=O)CC2CCCO2)cc1. The smallest absolute Gasteiger partial charge is 0.225 e. The minimum atomic E-state index is -3.26. The lowest BCUT2D eigenvalue weighted by atomic mass is 10.3. The number of hydrogen-bond donors (Lipinski definition) is 2. The third kappa shape index (κ3) is 5.35. The molecule has 1 aliphatic heterocycles. The third-order valence-corrected chi connectivity index (χ3v) is 5.00.